The van der Waals surface area contributed by atoms with Crippen molar-refractivity contribution < 1.29 is 9.15 Å². The smallest absolute Gasteiger partial charge is 0.312 e. The van der Waals surface area contributed by atoms with Crippen LogP contribution in [-0.4, -0.2) is 10.2 Å². The predicted octanol–water partition coefficient (Wildman–Crippen LogP) is 5.19. The summed E-state index contributed by atoms with van der Waals surface area (Å²) in [6, 6.07) is 11.9. The van der Waals surface area contributed by atoms with Crippen molar-refractivity contribution in [3.63, 3.8) is 0 Å². The van der Waals surface area contributed by atoms with Crippen LogP contribution in [0.15, 0.2) is 49.8 Å². The van der Waals surface area contributed by atoms with Gasteiger partial charge in [-0.25, -0.2) is 0 Å². The van der Waals surface area contributed by atoms with E-state index in [2.05, 4.69) is 42.1 Å². The maximum atomic E-state index is 6.38. The lowest BCUT2D eigenvalue weighted by molar-refractivity contribution is 0.304. The van der Waals surface area contributed by atoms with Gasteiger partial charge in [-0.05, 0) is 57.7 Å². The Balaban J connectivity index is 1.66. The summed E-state index contributed by atoms with van der Waals surface area (Å²) in [4.78, 5) is 0. The van der Waals surface area contributed by atoms with Crippen LogP contribution in [0.3, 0.4) is 0 Å². The standard InChI is InChI=1S/C17H14Br2ClN3O2/c18-12-4-1-10(2-5-12)9-24-16-13(19)7-11(8-14(16)20)3-6-15-22-23-17(21)25-15/h1-2,4-5,7-8H,3,6,9H2,(H2,21,23). The molecule has 0 unspecified atom stereocenters. The molecule has 0 saturated carbocycles. The molecule has 130 valence electrons. The van der Waals surface area contributed by atoms with Crippen LogP contribution < -0.4 is 10.5 Å². The molecule has 3 aromatic rings. The topological polar surface area (TPSA) is 74.2 Å². The van der Waals surface area contributed by atoms with Crippen LogP contribution in [-0.2, 0) is 19.4 Å². The molecule has 0 saturated heterocycles. The normalized spacial score (nSPS) is 10.8. The number of nitrogen functional groups attached to an aromatic ring is 1. The van der Waals surface area contributed by atoms with Crippen molar-refractivity contribution in [2.45, 2.75) is 19.4 Å². The number of ether oxygens (including phenoxy) is 1. The van der Waals surface area contributed by atoms with Gasteiger partial charge in [-0.2, -0.15) is 0 Å². The highest BCUT2D eigenvalue weighted by atomic mass is 79.9. The summed E-state index contributed by atoms with van der Waals surface area (Å²) in [5.74, 6) is 1.12. The average molecular weight is 488 g/mol. The Morgan fingerprint density at radius 1 is 1.04 bits per heavy atom. The number of halogens is 3. The fourth-order valence-corrected chi connectivity index (χ4v) is 3.55. The highest BCUT2D eigenvalue weighted by Gasteiger charge is 2.11. The molecule has 1 heterocycles. The fraction of sp³-hybridized carbons (Fsp3) is 0.176. The number of benzene rings is 2. The zero-order chi connectivity index (χ0) is 17.8. The molecule has 0 amide bonds. The molecule has 1 aromatic heterocycles. The Morgan fingerprint density at radius 3 is 2.44 bits per heavy atom. The number of rotatable bonds is 6. The number of hydrogen-bond acceptors (Lipinski definition) is 5. The number of aryl methyl sites for hydroxylation is 2. The molecule has 0 bridgehead atoms. The van der Waals surface area contributed by atoms with Crippen LogP contribution in [0.2, 0.25) is 5.02 Å². The summed E-state index contributed by atoms with van der Waals surface area (Å²) in [7, 11) is 0. The second-order valence-corrected chi connectivity index (χ2v) is 7.51. The van der Waals surface area contributed by atoms with E-state index in [9.17, 15) is 0 Å². The van der Waals surface area contributed by atoms with Gasteiger partial charge in [-0.15, -0.1) is 5.10 Å². The Hall–Kier alpha value is -1.57. The molecule has 0 atom stereocenters. The van der Waals surface area contributed by atoms with Crippen molar-refractivity contribution in [1.29, 1.82) is 0 Å². The number of nitrogens with two attached hydrogens (primary N) is 1. The van der Waals surface area contributed by atoms with Crippen molar-refractivity contribution in [3.05, 3.63) is 67.4 Å². The van der Waals surface area contributed by atoms with E-state index in [1.54, 1.807) is 0 Å². The third-order valence-corrected chi connectivity index (χ3v) is 4.86. The van der Waals surface area contributed by atoms with Gasteiger partial charge in [0.2, 0.25) is 5.89 Å². The van der Waals surface area contributed by atoms with E-state index < -0.39 is 0 Å². The summed E-state index contributed by atoms with van der Waals surface area (Å²) < 4.78 is 12.9. The summed E-state index contributed by atoms with van der Waals surface area (Å²) in [5, 5.41) is 8.04. The highest BCUT2D eigenvalue weighted by Crippen LogP contribution is 2.35. The van der Waals surface area contributed by atoms with Gasteiger partial charge in [0.25, 0.3) is 0 Å². The van der Waals surface area contributed by atoms with Gasteiger partial charge >= 0.3 is 6.01 Å². The van der Waals surface area contributed by atoms with E-state index in [1.165, 1.54) is 0 Å². The Morgan fingerprint density at radius 2 is 1.80 bits per heavy atom. The van der Waals surface area contributed by atoms with Crippen LogP contribution in [0.1, 0.15) is 17.0 Å². The molecule has 3 rings (SSSR count). The zero-order valence-corrected chi connectivity index (χ0v) is 16.9. The quantitative estimate of drug-likeness (QED) is 0.518. The minimum atomic E-state index is 0.0749. The molecule has 0 aliphatic rings. The lowest BCUT2D eigenvalue weighted by Gasteiger charge is -2.12. The van der Waals surface area contributed by atoms with Crippen LogP contribution in [0, 0.1) is 0 Å². The van der Waals surface area contributed by atoms with Crippen LogP contribution in [0.4, 0.5) is 6.01 Å². The van der Waals surface area contributed by atoms with Gasteiger partial charge in [-0.3, -0.25) is 0 Å². The monoisotopic (exact) mass is 485 g/mol. The molecule has 0 radical (unpaired) electrons. The van der Waals surface area contributed by atoms with E-state index >= 15 is 0 Å². The van der Waals surface area contributed by atoms with Gasteiger partial charge in [-0.1, -0.05) is 44.8 Å². The Labute approximate surface area is 166 Å². The highest BCUT2D eigenvalue weighted by molar-refractivity contribution is 9.10. The SMILES string of the molecule is Nc1nnc(CCc2cc(Cl)c(OCc3ccc(Br)cc3)c(Br)c2)o1. The molecule has 0 fully saturated rings. The second kappa shape index (κ2) is 8.21. The van der Waals surface area contributed by atoms with Crippen molar-refractivity contribution >= 4 is 49.5 Å². The first-order valence-corrected chi connectivity index (χ1v) is 9.40. The molecular formula is C17H14Br2ClN3O2. The second-order valence-electron chi connectivity index (χ2n) is 5.34. The minimum Gasteiger partial charge on any atom is -0.486 e. The van der Waals surface area contributed by atoms with E-state index in [0.717, 1.165) is 20.1 Å². The Bertz CT molecular complexity index is 846. The van der Waals surface area contributed by atoms with Crippen molar-refractivity contribution in [1.82, 2.24) is 10.2 Å². The van der Waals surface area contributed by atoms with Gasteiger partial charge in [0.05, 0.1) is 9.50 Å². The number of aromatic nitrogens is 2. The van der Waals surface area contributed by atoms with Gasteiger partial charge in [0, 0.05) is 10.9 Å². The van der Waals surface area contributed by atoms with Crippen molar-refractivity contribution in [2.24, 2.45) is 0 Å². The lowest BCUT2D eigenvalue weighted by Crippen LogP contribution is -1.98. The summed E-state index contributed by atoms with van der Waals surface area (Å²) >= 11 is 13.3. The van der Waals surface area contributed by atoms with Crippen molar-refractivity contribution in [3.8, 4) is 5.75 Å². The van der Waals surface area contributed by atoms with E-state index in [-0.39, 0.29) is 6.01 Å². The number of hydrogen-bond donors (Lipinski definition) is 1. The summed E-state index contributed by atoms with van der Waals surface area (Å²) in [6.07, 6.45) is 1.29. The Kier molecular flexibility index (Phi) is 5.98. The first-order valence-electron chi connectivity index (χ1n) is 7.44. The van der Waals surface area contributed by atoms with Gasteiger partial charge < -0.3 is 14.9 Å². The maximum absolute atomic E-state index is 6.38. The molecule has 0 spiro atoms. The molecule has 2 aromatic carbocycles. The summed E-state index contributed by atoms with van der Waals surface area (Å²) in [6.45, 7) is 0.437. The molecule has 2 N–H and O–H groups in total. The first kappa shape index (κ1) is 18.2. The fourth-order valence-electron chi connectivity index (χ4n) is 2.25. The van der Waals surface area contributed by atoms with Crippen LogP contribution in [0.25, 0.3) is 0 Å². The van der Waals surface area contributed by atoms with E-state index in [4.69, 9.17) is 26.5 Å². The largest absolute Gasteiger partial charge is 0.486 e. The molecule has 25 heavy (non-hydrogen) atoms. The molecule has 0 aliphatic heterocycles. The zero-order valence-electron chi connectivity index (χ0n) is 13.0. The lowest BCUT2D eigenvalue weighted by atomic mass is 10.1. The van der Waals surface area contributed by atoms with Crippen LogP contribution >= 0.6 is 43.5 Å². The van der Waals surface area contributed by atoms with Crippen LogP contribution in [0.5, 0.6) is 5.75 Å². The minimum absolute atomic E-state index is 0.0749. The van der Waals surface area contributed by atoms with Gasteiger partial charge in [0.1, 0.15) is 6.61 Å². The number of anilines is 1. The van der Waals surface area contributed by atoms with E-state index in [1.807, 2.05) is 36.4 Å². The third-order valence-electron chi connectivity index (χ3n) is 3.46. The molecule has 8 heteroatoms. The maximum Gasteiger partial charge on any atom is 0.312 e. The van der Waals surface area contributed by atoms with Crippen molar-refractivity contribution in [2.75, 3.05) is 5.73 Å². The molecule has 5 nitrogen and oxygen atoms in total. The summed E-state index contributed by atoms with van der Waals surface area (Å²) in [5.41, 5.74) is 7.51. The first-order chi connectivity index (χ1) is 12.0. The van der Waals surface area contributed by atoms with E-state index in [0.29, 0.717) is 36.1 Å². The van der Waals surface area contributed by atoms with Gasteiger partial charge in [0.15, 0.2) is 5.75 Å². The third kappa shape index (κ3) is 4.96. The molecule has 0 aliphatic carbocycles. The number of nitrogens with zero attached hydrogens (tertiary/aromatic N) is 2. The predicted molar refractivity (Wildman–Crippen MR) is 104 cm³/mol. The average Bonchev–Trinajstić information content (AvgIpc) is 2.99. The molecular weight excluding hydrogens is 473 g/mol.